The van der Waals surface area contributed by atoms with E-state index >= 15 is 0 Å². The molecule has 0 amide bonds. The molecule has 1 atom stereocenters. The molecule has 0 spiro atoms. The lowest BCUT2D eigenvalue weighted by Gasteiger charge is -2.24. The first-order valence-electron chi connectivity index (χ1n) is 5.58. The van der Waals surface area contributed by atoms with Crippen molar-refractivity contribution in [2.24, 2.45) is 0 Å². The average molecular weight is 238 g/mol. The van der Waals surface area contributed by atoms with Crippen molar-refractivity contribution in [3.8, 4) is 0 Å². The molecule has 0 heterocycles. The zero-order valence-electron chi connectivity index (χ0n) is 10.7. The topological polar surface area (TPSA) is 29.3 Å². The van der Waals surface area contributed by atoms with E-state index in [0.29, 0.717) is 6.04 Å². The van der Waals surface area contributed by atoms with Crippen LogP contribution in [0.1, 0.15) is 18.1 Å². The fourth-order valence-corrected chi connectivity index (χ4v) is 2.39. The van der Waals surface area contributed by atoms with Crippen molar-refractivity contribution in [3.63, 3.8) is 0 Å². The summed E-state index contributed by atoms with van der Waals surface area (Å²) in [5.41, 5.74) is 9.19. The molecule has 1 aromatic carbocycles. The first-order chi connectivity index (χ1) is 7.54. The van der Waals surface area contributed by atoms with Crippen molar-refractivity contribution >= 4 is 17.4 Å². The third-order valence-electron chi connectivity index (χ3n) is 2.93. The van der Waals surface area contributed by atoms with Gasteiger partial charge >= 0.3 is 0 Å². The van der Waals surface area contributed by atoms with Crippen LogP contribution in [0.3, 0.4) is 0 Å². The third kappa shape index (κ3) is 3.72. The van der Waals surface area contributed by atoms with E-state index in [4.69, 9.17) is 5.73 Å². The van der Waals surface area contributed by atoms with Crippen LogP contribution in [0, 0.1) is 6.92 Å². The van der Waals surface area contributed by atoms with Crippen molar-refractivity contribution in [1.29, 1.82) is 0 Å². The second-order valence-corrected chi connectivity index (χ2v) is 5.32. The van der Waals surface area contributed by atoms with Crippen molar-refractivity contribution in [1.82, 2.24) is 4.90 Å². The molecule has 1 rings (SSSR count). The summed E-state index contributed by atoms with van der Waals surface area (Å²) >= 11 is 1.89. The number of nitrogen functional groups attached to an aromatic ring is 1. The monoisotopic (exact) mass is 238 g/mol. The molecule has 0 bridgehead atoms. The second-order valence-electron chi connectivity index (χ2n) is 4.41. The SMILES string of the molecule is CSCC(C)N(C)Cc1ccc(N)c(C)c1. The molecule has 0 saturated heterocycles. The van der Waals surface area contributed by atoms with Crippen molar-refractivity contribution in [2.75, 3.05) is 24.8 Å². The third-order valence-corrected chi connectivity index (χ3v) is 3.74. The van der Waals surface area contributed by atoms with Crippen LogP contribution in [0.5, 0.6) is 0 Å². The molecule has 0 saturated carbocycles. The van der Waals surface area contributed by atoms with Crippen molar-refractivity contribution < 1.29 is 0 Å². The van der Waals surface area contributed by atoms with Gasteiger partial charge in [-0.15, -0.1) is 0 Å². The van der Waals surface area contributed by atoms with Crippen LogP contribution in [0.15, 0.2) is 18.2 Å². The molecule has 0 radical (unpaired) electrons. The zero-order chi connectivity index (χ0) is 12.1. The Morgan fingerprint density at radius 1 is 1.44 bits per heavy atom. The summed E-state index contributed by atoms with van der Waals surface area (Å²) in [5.74, 6) is 1.17. The molecule has 0 aliphatic carbocycles. The van der Waals surface area contributed by atoms with Crippen molar-refractivity contribution in [2.45, 2.75) is 26.4 Å². The number of nitrogens with zero attached hydrogens (tertiary/aromatic N) is 1. The highest BCUT2D eigenvalue weighted by atomic mass is 32.2. The molecule has 0 aromatic heterocycles. The molecule has 2 nitrogen and oxygen atoms in total. The van der Waals surface area contributed by atoms with Gasteiger partial charge in [0.2, 0.25) is 0 Å². The lowest BCUT2D eigenvalue weighted by Crippen LogP contribution is -2.30. The molecular weight excluding hydrogens is 216 g/mol. The Bertz CT molecular complexity index is 339. The van der Waals surface area contributed by atoms with Crippen LogP contribution in [-0.2, 0) is 6.54 Å². The Labute approximate surface area is 103 Å². The van der Waals surface area contributed by atoms with Crippen LogP contribution in [-0.4, -0.2) is 30.0 Å². The highest BCUT2D eigenvalue weighted by Crippen LogP contribution is 2.15. The first kappa shape index (κ1) is 13.4. The van der Waals surface area contributed by atoms with E-state index in [-0.39, 0.29) is 0 Å². The Kier molecular flexibility index (Phi) is 5.16. The van der Waals surface area contributed by atoms with Gasteiger partial charge < -0.3 is 5.73 Å². The minimum absolute atomic E-state index is 0.604. The number of rotatable bonds is 5. The number of hydrogen-bond donors (Lipinski definition) is 1. The number of nitrogens with two attached hydrogens (primary N) is 1. The van der Waals surface area contributed by atoms with Gasteiger partial charge in [0.25, 0.3) is 0 Å². The normalized spacial score (nSPS) is 13.1. The van der Waals surface area contributed by atoms with E-state index < -0.39 is 0 Å². The van der Waals surface area contributed by atoms with Gasteiger partial charge in [-0.3, -0.25) is 4.90 Å². The van der Waals surface area contributed by atoms with Gasteiger partial charge in [0, 0.05) is 24.0 Å². The summed E-state index contributed by atoms with van der Waals surface area (Å²) in [4.78, 5) is 2.38. The quantitative estimate of drug-likeness (QED) is 0.800. The average Bonchev–Trinajstić information content (AvgIpc) is 2.24. The van der Waals surface area contributed by atoms with Crippen LogP contribution >= 0.6 is 11.8 Å². The minimum Gasteiger partial charge on any atom is -0.399 e. The van der Waals surface area contributed by atoms with Crippen LogP contribution in [0.2, 0.25) is 0 Å². The molecule has 1 unspecified atom stereocenters. The fraction of sp³-hybridized carbons (Fsp3) is 0.538. The summed E-state index contributed by atoms with van der Waals surface area (Å²) in [6.07, 6.45) is 2.15. The van der Waals surface area contributed by atoms with Gasteiger partial charge in [-0.25, -0.2) is 0 Å². The molecule has 0 aliphatic heterocycles. The molecule has 3 heteroatoms. The molecule has 16 heavy (non-hydrogen) atoms. The van der Waals surface area contributed by atoms with Gasteiger partial charge in [0.05, 0.1) is 0 Å². The summed E-state index contributed by atoms with van der Waals surface area (Å²) in [6, 6.07) is 6.90. The summed E-state index contributed by atoms with van der Waals surface area (Å²) < 4.78 is 0. The van der Waals surface area contributed by atoms with Gasteiger partial charge in [-0.2, -0.15) is 11.8 Å². The van der Waals surface area contributed by atoms with Crippen LogP contribution < -0.4 is 5.73 Å². The van der Waals surface area contributed by atoms with Gasteiger partial charge in [-0.1, -0.05) is 12.1 Å². The summed E-state index contributed by atoms with van der Waals surface area (Å²) in [6.45, 7) is 5.31. The highest BCUT2D eigenvalue weighted by Gasteiger charge is 2.09. The predicted molar refractivity (Wildman–Crippen MR) is 74.9 cm³/mol. The van der Waals surface area contributed by atoms with Crippen molar-refractivity contribution in [3.05, 3.63) is 29.3 Å². The van der Waals surface area contributed by atoms with E-state index in [0.717, 1.165) is 12.2 Å². The largest absolute Gasteiger partial charge is 0.399 e. The zero-order valence-corrected chi connectivity index (χ0v) is 11.5. The minimum atomic E-state index is 0.604. The van der Waals surface area contributed by atoms with Gasteiger partial charge in [0.15, 0.2) is 0 Å². The smallest absolute Gasteiger partial charge is 0.0343 e. The Morgan fingerprint density at radius 3 is 2.69 bits per heavy atom. The van der Waals surface area contributed by atoms with E-state index in [9.17, 15) is 0 Å². The number of anilines is 1. The van der Waals surface area contributed by atoms with E-state index in [1.165, 1.54) is 16.9 Å². The van der Waals surface area contributed by atoms with E-state index in [2.05, 4.69) is 44.2 Å². The van der Waals surface area contributed by atoms with Crippen LogP contribution in [0.25, 0.3) is 0 Å². The van der Waals surface area contributed by atoms with Crippen LogP contribution in [0.4, 0.5) is 5.69 Å². The molecule has 90 valence electrons. The number of aryl methyl sites for hydroxylation is 1. The Hall–Kier alpha value is -0.670. The summed E-state index contributed by atoms with van der Waals surface area (Å²) in [5, 5.41) is 0. The molecule has 1 aromatic rings. The maximum Gasteiger partial charge on any atom is 0.0343 e. The number of benzene rings is 1. The Balaban J connectivity index is 2.62. The fourth-order valence-electron chi connectivity index (χ4n) is 1.65. The maximum absolute atomic E-state index is 5.81. The lowest BCUT2D eigenvalue weighted by molar-refractivity contribution is 0.269. The number of hydrogen-bond acceptors (Lipinski definition) is 3. The maximum atomic E-state index is 5.81. The molecule has 2 N–H and O–H groups in total. The van der Waals surface area contributed by atoms with Gasteiger partial charge in [-0.05, 0) is 44.3 Å². The summed E-state index contributed by atoms with van der Waals surface area (Å²) in [7, 11) is 2.17. The van der Waals surface area contributed by atoms with E-state index in [1.807, 2.05) is 17.8 Å². The first-order valence-corrected chi connectivity index (χ1v) is 6.98. The molecule has 0 fully saturated rings. The van der Waals surface area contributed by atoms with Gasteiger partial charge in [0.1, 0.15) is 0 Å². The molecule has 0 aliphatic rings. The second kappa shape index (κ2) is 6.16. The highest BCUT2D eigenvalue weighted by molar-refractivity contribution is 7.98. The number of thioether (sulfide) groups is 1. The lowest BCUT2D eigenvalue weighted by atomic mass is 10.1. The predicted octanol–water partition coefficient (Wildman–Crippen LogP) is 2.76. The Morgan fingerprint density at radius 2 is 2.12 bits per heavy atom. The standard InChI is InChI=1S/C13H22N2S/c1-10-7-12(5-6-13(10)14)8-15(3)11(2)9-16-4/h5-7,11H,8-9,14H2,1-4H3. The van der Waals surface area contributed by atoms with E-state index in [1.54, 1.807) is 0 Å². The molecular formula is C13H22N2S.